The van der Waals surface area contributed by atoms with E-state index in [9.17, 15) is 9.18 Å². The summed E-state index contributed by atoms with van der Waals surface area (Å²) in [5, 5.41) is 8.71. The van der Waals surface area contributed by atoms with Crippen molar-refractivity contribution in [3.05, 3.63) is 53.0 Å². The summed E-state index contributed by atoms with van der Waals surface area (Å²) < 4.78 is 18.8. The van der Waals surface area contributed by atoms with Gasteiger partial charge in [0.15, 0.2) is 5.89 Å². The highest BCUT2D eigenvalue weighted by atomic mass is 19.1. The highest BCUT2D eigenvalue weighted by Crippen LogP contribution is 2.14. The number of carboxylic acids is 1. The largest absolute Gasteiger partial charge is 0.481 e. The van der Waals surface area contributed by atoms with Gasteiger partial charge in [-0.3, -0.25) is 4.79 Å². The Morgan fingerprint density at radius 1 is 1.37 bits per heavy atom. The monoisotopic (exact) mass is 263 g/mol. The third-order valence-corrected chi connectivity index (χ3v) is 2.82. The molecule has 1 N–H and O–H groups in total. The minimum absolute atomic E-state index is 0.158. The van der Waals surface area contributed by atoms with Crippen LogP contribution >= 0.6 is 0 Å². The number of hydrogen-bond donors (Lipinski definition) is 1. The second-order valence-electron chi connectivity index (χ2n) is 4.27. The lowest BCUT2D eigenvalue weighted by molar-refractivity contribution is -0.136. The van der Waals surface area contributed by atoms with Crippen LogP contribution in [0.15, 0.2) is 28.7 Å². The summed E-state index contributed by atoms with van der Waals surface area (Å²) >= 11 is 0. The molecular formula is C14H14FNO3. The lowest BCUT2D eigenvalue weighted by Gasteiger charge is -1.99. The van der Waals surface area contributed by atoms with Crippen LogP contribution in [-0.4, -0.2) is 16.1 Å². The lowest BCUT2D eigenvalue weighted by atomic mass is 10.1. The van der Waals surface area contributed by atoms with E-state index in [0.717, 1.165) is 0 Å². The van der Waals surface area contributed by atoms with Crippen molar-refractivity contribution >= 4 is 5.97 Å². The molecule has 100 valence electrons. The lowest BCUT2D eigenvalue weighted by Crippen LogP contribution is -2.02. The Hall–Kier alpha value is -2.17. The first-order valence-electron chi connectivity index (χ1n) is 5.96. The Morgan fingerprint density at radius 3 is 2.79 bits per heavy atom. The minimum atomic E-state index is -0.947. The number of benzene rings is 1. The third-order valence-electron chi connectivity index (χ3n) is 2.82. The van der Waals surface area contributed by atoms with Gasteiger partial charge >= 0.3 is 5.97 Å². The Kier molecular flexibility index (Phi) is 3.94. The quantitative estimate of drug-likeness (QED) is 0.900. The average Bonchev–Trinajstić information content (AvgIpc) is 2.68. The van der Waals surface area contributed by atoms with Gasteiger partial charge in [0.05, 0.1) is 12.1 Å². The van der Waals surface area contributed by atoms with Crippen LogP contribution in [0.4, 0.5) is 4.39 Å². The molecule has 2 rings (SSSR count). The molecule has 1 aromatic carbocycles. The van der Waals surface area contributed by atoms with Gasteiger partial charge in [0.1, 0.15) is 11.6 Å². The summed E-state index contributed by atoms with van der Waals surface area (Å²) in [6.45, 7) is 1.68. The summed E-state index contributed by atoms with van der Waals surface area (Å²) in [6.07, 6.45) is 0.759. The molecule has 1 aromatic heterocycles. The van der Waals surface area contributed by atoms with Crippen LogP contribution in [-0.2, 0) is 24.1 Å². The zero-order valence-corrected chi connectivity index (χ0v) is 10.5. The Morgan fingerprint density at radius 2 is 2.11 bits per heavy atom. The first-order chi connectivity index (χ1) is 9.06. The molecule has 0 saturated carbocycles. The number of aryl methyl sites for hydroxylation is 3. The van der Waals surface area contributed by atoms with Crippen LogP contribution in [0, 0.1) is 12.7 Å². The summed E-state index contributed by atoms with van der Waals surface area (Å²) in [5.74, 6) is -0.253. The minimum Gasteiger partial charge on any atom is -0.481 e. The zero-order valence-electron chi connectivity index (χ0n) is 10.5. The molecule has 4 nitrogen and oxygen atoms in total. The van der Waals surface area contributed by atoms with Gasteiger partial charge in [-0.25, -0.2) is 9.37 Å². The maximum absolute atomic E-state index is 13.4. The number of rotatable bonds is 5. The smallest absolute Gasteiger partial charge is 0.309 e. The second-order valence-corrected chi connectivity index (χ2v) is 4.27. The highest BCUT2D eigenvalue weighted by Gasteiger charge is 2.13. The van der Waals surface area contributed by atoms with Crippen LogP contribution in [0.3, 0.4) is 0 Å². The second kappa shape index (κ2) is 5.65. The maximum atomic E-state index is 13.4. The Bertz CT molecular complexity index is 592. The summed E-state index contributed by atoms with van der Waals surface area (Å²) in [5.41, 5.74) is 1.02. The summed E-state index contributed by atoms with van der Waals surface area (Å²) in [6, 6.07) is 6.53. The average molecular weight is 263 g/mol. The number of halogens is 1. The zero-order chi connectivity index (χ0) is 13.8. The van der Waals surface area contributed by atoms with Crippen molar-refractivity contribution in [1.82, 2.24) is 4.98 Å². The molecule has 0 atom stereocenters. The van der Waals surface area contributed by atoms with Gasteiger partial charge in [-0.2, -0.15) is 0 Å². The van der Waals surface area contributed by atoms with E-state index < -0.39 is 5.97 Å². The normalized spacial score (nSPS) is 10.6. The fraction of sp³-hybridized carbons (Fsp3) is 0.286. The predicted molar refractivity (Wildman–Crippen MR) is 66.4 cm³/mol. The standard InChI is InChI=1S/C14H14FNO3/c1-9-12(8-14(17)18)16-13(19-9)7-6-10-4-2-3-5-11(10)15/h2-5H,6-8H2,1H3,(H,17,18). The number of carbonyl (C=O) groups is 1. The van der Waals surface area contributed by atoms with E-state index in [1.807, 2.05) is 0 Å². The molecule has 0 bridgehead atoms. The van der Waals surface area contributed by atoms with Crippen molar-refractivity contribution in [2.24, 2.45) is 0 Å². The molecule has 0 aliphatic heterocycles. The van der Waals surface area contributed by atoms with Crippen LogP contribution in [0.25, 0.3) is 0 Å². The first-order valence-corrected chi connectivity index (χ1v) is 5.96. The molecule has 0 aliphatic carbocycles. The van der Waals surface area contributed by atoms with Gasteiger partial charge in [-0.05, 0) is 25.0 Å². The van der Waals surface area contributed by atoms with Crippen molar-refractivity contribution in [3.8, 4) is 0 Å². The van der Waals surface area contributed by atoms with Gasteiger partial charge in [-0.1, -0.05) is 18.2 Å². The predicted octanol–water partition coefficient (Wildman–Crippen LogP) is 2.53. The van der Waals surface area contributed by atoms with Crippen LogP contribution in [0.1, 0.15) is 22.9 Å². The molecule has 1 heterocycles. The number of hydrogen-bond acceptors (Lipinski definition) is 3. The Balaban J connectivity index is 2.04. The SMILES string of the molecule is Cc1oc(CCc2ccccc2F)nc1CC(=O)O. The van der Waals surface area contributed by atoms with Gasteiger partial charge in [0.25, 0.3) is 0 Å². The summed E-state index contributed by atoms with van der Waals surface area (Å²) in [7, 11) is 0. The number of aromatic nitrogens is 1. The number of oxazole rings is 1. The van der Waals surface area contributed by atoms with Crippen LogP contribution in [0.2, 0.25) is 0 Å². The molecule has 2 aromatic rings. The van der Waals surface area contributed by atoms with E-state index in [4.69, 9.17) is 9.52 Å². The van der Waals surface area contributed by atoms with Crippen molar-refractivity contribution < 1.29 is 18.7 Å². The van der Waals surface area contributed by atoms with E-state index >= 15 is 0 Å². The molecule has 0 aliphatic rings. The van der Waals surface area contributed by atoms with Gasteiger partial charge in [-0.15, -0.1) is 0 Å². The highest BCUT2D eigenvalue weighted by molar-refractivity contribution is 5.69. The van der Waals surface area contributed by atoms with Gasteiger partial charge in [0, 0.05) is 6.42 Å². The fourth-order valence-corrected chi connectivity index (χ4v) is 1.84. The number of nitrogens with zero attached hydrogens (tertiary/aromatic N) is 1. The van der Waals surface area contributed by atoms with Gasteiger partial charge in [0.2, 0.25) is 0 Å². The molecule has 0 amide bonds. The van der Waals surface area contributed by atoms with Gasteiger partial charge < -0.3 is 9.52 Å². The maximum Gasteiger partial charge on any atom is 0.309 e. The number of carboxylic acid groups (broad SMARTS) is 1. The third kappa shape index (κ3) is 3.40. The molecule has 0 spiro atoms. The molecule has 19 heavy (non-hydrogen) atoms. The van der Waals surface area contributed by atoms with E-state index in [0.29, 0.717) is 35.7 Å². The summed E-state index contributed by atoms with van der Waals surface area (Å²) in [4.78, 5) is 14.7. The van der Waals surface area contributed by atoms with Crippen LogP contribution in [0.5, 0.6) is 0 Å². The molecule has 0 unspecified atom stereocenters. The van der Waals surface area contributed by atoms with E-state index in [1.54, 1.807) is 25.1 Å². The van der Waals surface area contributed by atoms with Crippen molar-refractivity contribution in [2.75, 3.05) is 0 Å². The van der Waals surface area contributed by atoms with Crippen LogP contribution < -0.4 is 0 Å². The van der Waals surface area contributed by atoms with E-state index in [-0.39, 0.29) is 12.2 Å². The van der Waals surface area contributed by atoms with Crippen molar-refractivity contribution in [1.29, 1.82) is 0 Å². The van der Waals surface area contributed by atoms with E-state index in [2.05, 4.69) is 4.98 Å². The molecule has 0 saturated heterocycles. The molecule has 0 fully saturated rings. The Labute approximate surface area is 109 Å². The van der Waals surface area contributed by atoms with Crippen molar-refractivity contribution in [2.45, 2.75) is 26.2 Å². The topological polar surface area (TPSA) is 63.3 Å². The molecule has 0 radical (unpaired) electrons. The number of aliphatic carboxylic acids is 1. The fourth-order valence-electron chi connectivity index (χ4n) is 1.84. The van der Waals surface area contributed by atoms with E-state index in [1.165, 1.54) is 6.07 Å². The first kappa shape index (κ1) is 13.3. The molecule has 5 heteroatoms. The van der Waals surface area contributed by atoms with Crippen molar-refractivity contribution in [3.63, 3.8) is 0 Å². The molecular weight excluding hydrogens is 249 g/mol.